The van der Waals surface area contributed by atoms with E-state index < -0.39 is 0 Å². The van der Waals surface area contributed by atoms with Crippen LogP contribution in [-0.2, 0) is 6.54 Å². The van der Waals surface area contributed by atoms with Crippen molar-refractivity contribution in [3.8, 4) is 0 Å². The Kier molecular flexibility index (Phi) is 3.94. The molecular formula is C14H14ClNS2. The van der Waals surface area contributed by atoms with Gasteiger partial charge in [0.2, 0.25) is 0 Å². The molecule has 18 heavy (non-hydrogen) atoms. The molecule has 4 heteroatoms. The van der Waals surface area contributed by atoms with Crippen LogP contribution in [0.4, 0.5) is 0 Å². The Morgan fingerprint density at radius 1 is 1.33 bits per heavy atom. The zero-order chi connectivity index (χ0) is 12.4. The van der Waals surface area contributed by atoms with Crippen LogP contribution in [0, 0.1) is 0 Å². The maximum Gasteiger partial charge on any atom is 0.0646 e. The molecule has 1 fully saturated rings. The van der Waals surface area contributed by atoms with Gasteiger partial charge in [-0.25, -0.2) is 0 Å². The van der Waals surface area contributed by atoms with E-state index in [-0.39, 0.29) is 0 Å². The largest absolute Gasteiger partial charge is 0.310 e. The fraction of sp³-hybridized carbons (Fsp3) is 0.286. The Morgan fingerprint density at radius 3 is 2.94 bits per heavy atom. The van der Waals surface area contributed by atoms with Gasteiger partial charge >= 0.3 is 0 Å². The molecule has 0 amide bonds. The van der Waals surface area contributed by atoms with Crippen molar-refractivity contribution >= 4 is 34.7 Å². The molecule has 1 aromatic carbocycles. The molecule has 0 unspecified atom stereocenters. The predicted octanol–water partition coefficient (Wildman–Crippen LogP) is 4.80. The summed E-state index contributed by atoms with van der Waals surface area (Å²) >= 11 is 9.69. The van der Waals surface area contributed by atoms with Crippen LogP contribution >= 0.6 is 34.7 Å². The van der Waals surface area contributed by atoms with Crippen molar-refractivity contribution in [2.75, 3.05) is 0 Å². The highest BCUT2D eigenvalue weighted by Gasteiger charge is 2.20. The Morgan fingerprint density at radius 2 is 2.22 bits per heavy atom. The summed E-state index contributed by atoms with van der Waals surface area (Å²) in [4.78, 5) is 1.30. The average molecular weight is 296 g/mol. The van der Waals surface area contributed by atoms with Crippen molar-refractivity contribution in [2.45, 2.75) is 34.5 Å². The summed E-state index contributed by atoms with van der Waals surface area (Å²) in [5.41, 5.74) is 1.30. The lowest BCUT2D eigenvalue weighted by Crippen LogP contribution is -2.15. The molecule has 1 aromatic heterocycles. The number of benzene rings is 1. The molecule has 1 aliphatic rings. The summed E-state index contributed by atoms with van der Waals surface area (Å²) in [6.45, 7) is 0.916. The van der Waals surface area contributed by atoms with Crippen molar-refractivity contribution in [1.82, 2.24) is 5.32 Å². The van der Waals surface area contributed by atoms with E-state index in [9.17, 15) is 0 Å². The molecule has 0 spiro atoms. The first-order valence-corrected chi connectivity index (χ1v) is 8.12. The van der Waals surface area contributed by atoms with Gasteiger partial charge in [0, 0.05) is 22.5 Å². The Labute approximate surface area is 121 Å². The summed E-state index contributed by atoms with van der Waals surface area (Å²) in [7, 11) is 0. The molecule has 1 aliphatic carbocycles. The Bertz CT molecular complexity index is 521. The van der Waals surface area contributed by atoms with E-state index in [0.717, 1.165) is 17.6 Å². The van der Waals surface area contributed by atoms with E-state index in [0.29, 0.717) is 0 Å². The fourth-order valence-electron chi connectivity index (χ4n) is 1.76. The third kappa shape index (κ3) is 3.29. The summed E-state index contributed by atoms with van der Waals surface area (Å²) < 4.78 is 1.32. The molecule has 3 rings (SSSR count). The van der Waals surface area contributed by atoms with E-state index in [2.05, 4.69) is 35.0 Å². The highest BCUT2D eigenvalue weighted by atomic mass is 35.5. The molecule has 94 valence electrons. The topological polar surface area (TPSA) is 12.0 Å². The third-order valence-electron chi connectivity index (χ3n) is 2.89. The van der Waals surface area contributed by atoms with Crippen LogP contribution in [0.3, 0.4) is 0 Å². The molecule has 0 aliphatic heterocycles. The SMILES string of the molecule is Clc1ccc(Sc2cccs2)c(CNC2CC2)c1. The molecule has 0 atom stereocenters. The van der Waals surface area contributed by atoms with Crippen LogP contribution in [0.5, 0.6) is 0 Å². The summed E-state index contributed by atoms with van der Waals surface area (Å²) in [6.07, 6.45) is 2.63. The summed E-state index contributed by atoms with van der Waals surface area (Å²) in [5, 5.41) is 6.48. The molecule has 0 bridgehead atoms. The number of nitrogens with one attached hydrogen (secondary N) is 1. The lowest BCUT2D eigenvalue weighted by atomic mass is 10.2. The number of halogens is 1. The Balaban J connectivity index is 1.77. The van der Waals surface area contributed by atoms with Crippen molar-refractivity contribution in [1.29, 1.82) is 0 Å². The average Bonchev–Trinajstić information content (AvgIpc) is 3.06. The van der Waals surface area contributed by atoms with E-state index in [1.165, 1.54) is 27.5 Å². The number of hydrogen-bond donors (Lipinski definition) is 1. The number of rotatable bonds is 5. The molecule has 0 radical (unpaired) electrons. The van der Waals surface area contributed by atoms with E-state index >= 15 is 0 Å². The van der Waals surface area contributed by atoms with E-state index in [1.807, 2.05) is 17.8 Å². The van der Waals surface area contributed by atoms with Crippen molar-refractivity contribution < 1.29 is 0 Å². The maximum atomic E-state index is 6.10. The van der Waals surface area contributed by atoms with Crippen molar-refractivity contribution in [3.05, 3.63) is 46.3 Å². The molecule has 1 saturated carbocycles. The van der Waals surface area contributed by atoms with Gasteiger partial charge in [-0.1, -0.05) is 29.4 Å². The first-order valence-electron chi connectivity index (χ1n) is 6.04. The van der Waals surface area contributed by atoms with Gasteiger partial charge in [0.1, 0.15) is 0 Å². The maximum absolute atomic E-state index is 6.10. The van der Waals surface area contributed by atoms with Crippen molar-refractivity contribution in [3.63, 3.8) is 0 Å². The third-order valence-corrected chi connectivity index (χ3v) is 5.28. The number of thiophene rings is 1. The highest BCUT2D eigenvalue weighted by molar-refractivity contribution is 8.01. The van der Waals surface area contributed by atoms with E-state index in [1.54, 1.807) is 11.3 Å². The minimum absolute atomic E-state index is 0.726. The van der Waals surface area contributed by atoms with Gasteiger partial charge in [0.15, 0.2) is 0 Å². The van der Waals surface area contributed by atoms with Crippen LogP contribution in [0.1, 0.15) is 18.4 Å². The van der Waals surface area contributed by atoms with Crippen LogP contribution in [0.2, 0.25) is 5.02 Å². The Hall–Kier alpha value is -0.480. The van der Waals surface area contributed by atoms with Crippen LogP contribution in [-0.4, -0.2) is 6.04 Å². The molecule has 1 N–H and O–H groups in total. The smallest absolute Gasteiger partial charge is 0.0646 e. The lowest BCUT2D eigenvalue weighted by Gasteiger charge is -2.09. The van der Waals surface area contributed by atoms with Gasteiger partial charge in [-0.3, -0.25) is 0 Å². The normalized spacial score (nSPS) is 14.9. The first kappa shape index (κ1) is 12.5. The van der Waals surface area contributed by atoms with Crippen LogP contribution < -0.4 is 5.32 Å². The monoisotopic (exact) mass is 295 g/mol. The van der Waals surface area contributed by atoms with Gasteiger partial charge in [-0.05, 0) is 48.1 Å². The second-order valence-electron chi connectivity index (χ2n) is 4.44. The first-order chi connectivity index (χ1) is 8.81. The summed E-state index contributed by atoms with van der Waals surface area (Å²) in [5.74, 6) is 0. The van der Waals surface area contributed by atoms with Gasteiger partial charge in [0.25, 0.3) is 0 Å². The van der Waals surface area contributed by atoms with Crippen LogP contribution in [0.15, 0.2) is 44.8 Å². The molecule has 2 aromatic rings. The molecular weight excluding hydrogens is 282 g/mol. The quantitative estimate of drug-likeness (QED) is 0.850. The number of hydrogen-bond acceptors (Lipinski definition) is 3. The molecule has 0 saturated heterocycles. The minimum atomic E-state index is 0.726. The zero-order valence-corrected chi connectivity index (χ0v) is 12.2. The van der Waals surface area contributed by atoms with Gasteiger partial charge in [0.05, 0.1) is 4.21 Å². The fourth-order valence-corrected chi connectivity index (χ4v) is 3.79. The lowest BCUT2D eigenvalue weighted by molar-refractivity contribution is 0.680. The van der Waals surface area contributed by atoms with Gasteiger partial charge in [-0.2, -0.15) is 0 Å². The van der Waals surface area contributed by atoms with Crippen molar-refractivity contribution in [2.24, 2.45) is 0 Å². The summed E-state index contributed by atoms with van der Waals surface area (Å²) in [6, 6.07) is 11.1. The highest BCUT2D eigenvalue weighted by Crippen LogP contribution is 2.35. The van der Waals surface area contributed by atoms with Gasteiger partial charge in [-0.15, -0.1) is 11.3 Å². The zero-order valence-electron chi connectivity index (χ0n) is 9.86. The minimum Gasteiger partial charge on any atom is -0.310 e. The standard InChI is InChI=1S/C14H14ClNS2/c15-11-3-6-13(18-14-2-1-7-17-14)10(8-11)9-16-12-4-5-12/h1-3,6-8,12,16H,4-5,9H2. The molecule has 1 heterocycles. The molecule has 1 nitrogen and oxygen atoms in total. The van der Waals surface area contributed by atoms with Crippen LogP contribution in [0.25, 0.3) is 0 Å². The second-order valence-corrected chi connectivity index (χ2v) is 7.17. The van der Waals surface area contributed by atoms with E-state index in [4.69, 9.17) is 11.6 Å². The van der Waals surface area contributed by atoms with Gasteiger partial charge < -0.3 is 5.32 Å². The predicted molar refractivity (Wildman–Crippen MR) is 79.8 cm³/mol. The second kappa shape index (κ2) is 5.66.